The average molecular weight is 382 g/mol. The van der Waals surface area contributed by atoms with Crippen LogP contribution in [0.2, 0.25) is 0 Å². The predicted molar refractivity (Wildman–Crippen MR) is 106 cm³/mol. The van der Waals surface area contributed by atoms with Crippen molar-refractivity contribution in [3.05, 3.63) is 65.9 Å². The third kappa shape index (κ3) is 4.62. The van der Waals surface area contributed by atoms with Crippen LogP contribution in [0.3, 0.4) is 0 Å². The van der Waals surface area contributed by atoms with Crippen molar-refractivity contribution in [1.29, 1.82) is 0 Å². The number of thiazole rings is 1. The molecule has 0 bridgehead atoms. The summed E-state index contributed by atoms with van der Waals surface area (Å²) in [6, 6.07) is 10.1. The SMILES string of the molecule is C=CCNC(=O)Nc1ccc(NC(=O)c2nc(-c3ccco3)sc2C)cc1. The number of carbonyl (C=O) groups is 2. The lowest BCUT2D eigenvalue weighted by atomic mass is 10.2. The number of urea groups is 1. The molecule has 0 fully saturated rings. The second-order valence-corrected chi connectivity index (χ2v) is 6.76. The van der Waals surface area contributed by atoms with Crippen LogP contribution in [0.4, 0.5) is 16.2 Å². The number of carbonyl (C=O) groups excluding carboxylic acids is 2. The number of benzene rings is 1. The molecule has 2 aromatic heterocycles. The normalized spacial score (nSPS) is 10.3. The van der Waals surface area contributed by atoms with Gasteiger partial charge in [0.25, 0.3) is 5.91 Å². The number of aromatic nitrogens is 1. The first kappa shape index (κ1) is 18.4. The van der Waals surface area contributed by atoms with Crippen LogP contribution >= 0.6 is 11.3 Å². The summed E-state index contributed by atoms with van der Waals surface area (Å²) in [6.07, 6.45) is 3.16. The summed E-state index contributed by atoms with van der Waals surface area (Å²) in [6.45, 7) is 5.76. The summed E-state index contributed by atoms with van der Waals surface area (Å²) >= 11 is 1.40. The van der Waals surface area contributed by atoms with E-state index in [1.165, 1.54) is 11.3 Å². The van der Waals surface area contributed by atoms with Gasteiger partial charge in [-0.05, 0) is 43.3 Å². The Morgan fingerprint density at radius 1 is 1.19 bits per heavy atom. The number of anilines is 2. The van der Waals surface area contributed by atoms with Gasteiger partial charge in [0.15, 0.2) is 10.8 Å². The number of furan rings is 1. The Bertz CT molecular complexity index is 946. The lowest BCUT2D eigenvalue weighted by molar-refractivity contribution is 0.102. The molecule has 0 aliphatic rings. The summed E-state index contributed by atoms with van der Waals surface area (Å²) in [5.74, 6) is 0.332. The van der Waals surface area contributed by atoms with Crippen molar-refractivity contribution < 1.29 is 14.0 Å². The molecule has 3 aromatic rings. The van der Waals surface area contributed by atoms with Gasteiger partial charge in [0.1, 0.15) is 5.69 Å². The molecule has 7 nitrogen and oxygen atoms in total. The van der Waals surface area contributed by atoms with Crippen molar-refractivity contribution in [3.63, 3.8) is 0 Å². The van der Waals surface area contributed by atoms with Crippen LogP contribution in [0.15, 0.2) is 59.7 Å². The van der Waals surface area contributed by atoms with Gasteiger partial charge in [-0.25, -0.2) is 9.78 Å². The maximum atomic E-state index is 12.5. The molecule has 3 rings (SSSR count). The van der Waals surface area contributed by atoms with E-state index in [4.69, 9.17) is 4.42 Å². The van der Waals surface area contributed by atoms with E-state index in [1.807, 2.05) is 6.92 Å². The van der Waals surface area contributed by atoms with Crippen molar-refractivity contribution in [2.24, 2.45) is 0 Å². The number of hydrogen-bond acceptors (Lipinski definition) is 5. The number of rotatable bonds is 6. The van der Waals surface area contributed by atoms with Gasteiger partial charge >= 0.3 is 6.03 Å². The standard InChI is InChI=1S/C19H18N4O3S/c1-3-10-20-19(25)22-14-8-6-13(7-9-14)21-17(24)16-12(2)27-18(23-16)15-5-4-11-26-15/h3-9,11H,1,10H2,2H3,(H,21,24)(H2,20,22,25). The fourth-order valence-electron chi connectivity index (χ4n) is 2.28. The van der Waals surface area contributed by atoms with Gasteiger partial charge in [-0.3, -0.25) is 4.79 Å². The van der Waals surface area contributed by atoms with E-state index in [0.717, 1.165) is 4.88 Å². The van der Waals surface area contributed by atoms with Crippen LogP contribution in [0.5, 0.6) is 0 Å². The molecule has 3 amide bonds. The number of aryl methyl sites for hydroxylation is 1. The van der Waals surface area contributed by atoms with Crippen molar-refractivity contribution >= 4 is 34.6 Å². The van der Waals surface area contributed by atoms with Gasteiger partial charge in [-0.1, -0.05) is 6.08 Å². The Morgan fingerprint density at radius 3 is 2.52 bits per heavy atom. The Hall–Kier alpha value is -3.39. The first-order valence-corrected chi connectivity index (χ1v) is 8.97. The fraction of sp³-hybridized carbons (Fsp3) is 0.105. The van der Waals surface area contributed by atoms with E-state index < -0.39 is 0 Å². The van der Waals surface area contributed by atoms with Gasteiger partial charge in [0.2, 0.25) is 0 Å². The Balaban J connectivity index is 1.64. The summed E-state index contributed by atoms with van der Waals surface area (Å²) in [7, 11) is 0. The van der Waals surface area contributed by atoms with E-state index in [1.54, 1.807) is 48.7 Å². The van der Waals surface area contributed by atoms with Crippen LogP contribution in [0.25, 0.3) is 10.8 Å². The lowest BCUT2D eigenvalue weighted by Crippen LogP contribution is -2.28. The van der Waals surface area contributed by atoms with Crippen LogP contribution < -0.4 is 16.0 Å². The average Bonchev–Trinajstić information content (AvgIpc) is 3.31. The second kappa shape index (κ2) is 8.33. The van der Waals surface area contributed by atoms with Gasteiger partial charge in [-0.2, -0.15) is 0 Å². The minimum atomic E-state index is -0.324. The largest absolute Gasteiger partial charge is 0.462 e. The minimum absolute atomic E-state index is 0.300. The van der Waals surface area contributed by atoms with Crippen LogP contribution in [0.1, 0.15) is 15.4 Å². The molecule has 138 valence electrons. The van der Waals surface area contributed by atoms with E-state index in [-0.39, 0.29) is 11.9 Å². The van der Waals surface area contributed by atoms with Gasteiger partial charge in [0.05, 0.1) is 6.26 Å². The fourth-order valence-corrected chi connectivity index (χ4v) is 3.16. The number of nitrogens with one attached hydrogen (secondary N) is 3. The van der Waals surface area contributed by atoms with Crippen LogP contribution in [0, 0.1) is 6.92 Å². The molecule has 0 radical (unpaired) electrons. The van der Waals surface area contributed by atoms with Crippen LogP contribution in [-0.2, 0) is 0 Å². The first-order chi connectivity index (χ1) is 13.1. The molecule has 0 aliphatic carbocycles. The highest BCUT2D eigenvalue weighted by Crippen LogP contribution is 2.28. The molecule has 0 spiro atoms. The number of hydrogen-bond donors (Lipinski definition) is 3. The van der Waals surface area contributed by atoms with Crippen molar-refractivity contribution in [3.8, 4) is 10.8 Å². The van der Waals surface area contributed by atoms with E-state index in [2.05, 4.69) is 27.5 Å². The Morgan fingerprint density at radius 2 is 1.89 bits per heavy atom. The van der Waals surface area contributed by atoms with Crippen molar-refractivity contribution in [2.75, 3.05) is 17.2 Å². The third-order valence-corrected chi connectivity index (χ3v) is 4.54. The van der Waals surface area contributed by atoms with Crippen molar-refractivity contribution in [1.82, 2.24) is 10.3 Å². The molecule has 1 aromatic carbocycles. The summed E-state index contributed by atoms with van der Waals surface area (Å²) in [4.78, 5) is 29.3. The topological polar surface area (TPSA) is 96.3 Å². The van der Waals surface area contributed by atoms with E-state index >= 15 is 0 Å². The Labute approximate surface area is 160 Å². The zero-order chi connectivity index (χ0) is 19.2. The zero-order valence-electron chi connectivity index (χ0n) is 14.6. The quantitative estimate of drug-likeness (QED) is 0.555. The Kier molecular flexibility index (Phi) is 5.68. The van der Waals surface area contributed by atoms with Crippen LogP contribution in [-0.4, -0.2) is 23.5 Å². The molecular formula is C19H18N4O3S. The number of amides is 3. The van der Waals surface area contributed by atoms with Gasteiger partial charge < -0.3 is 20.4 Å². The first-order valence-electron chi connectivity index (χ1n) is 8.15. The summed E-state index contributed by atoms with van der Waals surface area (Å²) in [5, 5.41) is 8.77. The lowest BCUT2D eigenvalue weighted by Gasteiger charge is -2.08. The molecule has 0 aliphatic heterocycles. The minimum Gasteiger partial charge on any atom is -0.462 e. The molecule has 0 saturated carbocycles. The molecule has 2 heterocycles. The van der Waals surface area contributed by atoms with E-state index in [0.29, 0.717) is 34.4 Å². The highest BCUT2D eigenvalue weighted by molar-refractivity contribution is 7.15. The molecule has 3 N–H and O–H groups in total. The highest BCUT2D eigenvalue weighted by Gasteiger charge is 2.17. The molecular weight excluding hydrogens is 364 g/mol. The smallest absolute Gasteiger partial charge is 0.319 e. The third-order valence-electron chi connectivity index (χ3n) is 3.55. The maximum absolute atomic E-state index is 12.5. The van der Waals surface area contributed by atoms with Crippen molar-refractivity contribution in [2.45, 2.75) is 6.92 Å². The maximum Gasteiger partial charge on any atom is 0.319 e. The highest BCUT2D eigenvalue weighted by atomic mass is 32.1. The van der Waals surface area contributed by atoms with Gasteiger partial charge in [-0.15, -0.1) is 17.9 Å². The molecule has 0 atom stereocenters. The molecule has 8 heteroatoms. The van der Waals surface area contributed by atoms with E-state index in [9.17, 15) is 9.59 Å². The molecule has 0 unspecified atom stereocenters. The summed E-state index contributed by atoms with van der Waals surface area (Å²) < 4.78 is 5.33. The predicted octanol–water partition coefficient (Wildman–Crippen LogP) is 4.27. The molecule has 27 heavy (non-hydrogen) atoms. The number of nitrogens with zero attached hydrogens (tertiary/aromatic N) is 1. The zero-order valence-corrected chi connectivity index (χ0v) is 15.4. The molecule has 0 saturated heterocycles. The second-order valence-electron chi connectivity index (χ2n) is 5.56. The summed E-state index contributed by atoms with van der Waals surface area (Å²) in [5.41, 5.74) is 1.57. The van der Waals surface area contributed by atoms with Gasteiger partial charge in [0, 0.05) is 22.8 Å². The monoisotopic (exact) mass is 382 g/mol.